The van der Waals surface area contributed by atoms with Crippen molar-refractivity contribution in [2.45, 2.75) is 49.4 Å². The molecule has 3 fully saturated rings. The van der Waals surface area contributed by atoms with E-state index in [1.165, 1.54) is 0 Å². The lowest BCUT2D eigenvalue weighted by Crippen LogP contribution is -2.37. The van der Waals surface area contributed by atoms with Gasteiger partial charge in [0.1, 0.15) is 0 Å². The minimum Gasteiger partial charge on any atom is -0.395 e. The summed E-state index contributed by atoms with van der Waals surface area (Å²) < 4.78 is 0. The predicted molar refractivity (Wildman–Crippen MR) is 98.7 cm³/mol. The van der Waals surface area contributed by atoms with Gasteiger partial charge in [-0.25, -0.2) is 4.79 Å². The molecule has 7 nitrogen and oxygen atoms in total. The van der Waals surface area contributed by atoms with Crippen LogP contribution in [0.5, 0.6) is 0 Å². The lowest BCUT2D eigenvalue weighted by atomic mass is 10.0. The summed E-state index contributed by atoms with van der Waals surface area (Å²) in [6.07, 6.45) is 4.63. The van der Waals surface area contributed by atoms with Crippen molar-refractivity contribution in [1.29, 1.82) is 0 Å². The Morgan fingerprint density at radius 3 is 2.92 bits per heavy atom. The van der Waals surface area contributed by atoms with Gasteiger partial charge in [-0.05, 0) is 25.8 Å². The summed E-state index contributed by atoms with van der Waals surface area (Å²) in [4.78, 5) is 28.0. The van der Waals surface area contributed by atoms with Crippen LogP contribution in [0.1, 0.15) is 32.1 Å². The van der Waals surface area contributed by atoms with Crippen molar-refractivity contribution in [3.8, 4) is 0 Å². The number of aliphatic hydroxyl groups is 1. The minimum atomic E-state index is -0.0353. The highest BCUT2D eigenvalue weighted by molar-refractivity contribution is 8.00. The molecule has 25 heavy (non-hydrogen) atoms. The van der Waals surface area contributed by atoms with Crippen molar-refractivity contribution in [3.05, 3.63) is 0 Å². The molecular formula is C17H30N4O3S. The topological polar surface area (TPSA) is 84.9 Å². The summed E-state index contributed by atoms with van der Waals surface area (Å²) in [6, 6.07) is 0.506. The van der Waals surface area contributed by atoms with E-state index in [0.717, 1.165) is 57.6 Å². The number of nitrogens with zero attached hydrogens (tertiary/aromatic N) is 2. The summed E-state index contributed by atoms with van der Waals surface area (Å²) in [5, 5.41) is 15.5. The molecule has 0 bridgehead atoms. The Morgan fingerprint density at radius 1 is 1.20 bits per heavy atom. The average molecular weight is 371 g/mol. The summed E-state index contributed by atoms with van der Waals surface area (Å²) in [7, 11) is 0. The van der Waals surface area contributed by atoms with Gasteiger partial charge in [-0.2, -0.15) is 11.8 Å². The van der Waals surface area contributed by atoms with Crippen molar-refractivity contribution in [3.63, 3.8) is 0 Å². The number of hydrogen-bond acceptors (Lipinski definition) is 5. The first kappa shape index (κ1) is 18.8. The predicted octanol–water partition coefficient (Wildman–Crippen LogP) is 0.239. The van der Waals surface area contributed by atoms with Crippen LogP contribution in [-0.2, 0) is 4.79 Å². The van der Waals surface area contributed by atoms with E-state index < -0.39 is 0 Å². The van der Waals surface area contributed by atoms with E-state index in [9.17, 15) is 9.59 Å². The summed E-state index contributed by atoms with van der Waals surface area (Å²) in [5.41, 5.74) is 0. The molecule has 0 saturated carbocycles. The molecule has 0 aliphatic carbocycles. The van der Waals surface area contributed by atoms with Gasteiger partial charge in [-0.15, -0.1) is 0 Å². The number of carbonyl (C=O) groups is 2. The number of thioether (sulfide) groups is 1. The number of unbranched alkanes of at least 4 members (excludes halogenated alkanes) is 1. The second kappa shape index (κ2) is 9.09. The fourth-order valence-electron chi connectivity index (χ4n) is 4.01. The molecule has 0 aromatic heterocycles. The molecule has 0 aromatic rings. The van der Waals surface area contributed by atoms with E-state index in [-0.39, 0.29) is 30.6 Å². The Kier molecular flexibility index (Phi) is 6.84. The number of β-amino-alcohol motifs (C(OH)–C–C–N with tert-alkyl or cyclic N) is 1. The van der Waals surface area contributed by atoms with Gasteiger partial charge in [0.15, 0.2) is 0 Å². The molecule has 0 spiro atoms. The molecule has 8 heteroatoms. The van der Waals surface area contributed by atoms with Crippen molar-refractivity contribution >= 4 is 23.7 Å². The molecule has 3 aliphatic rings. The Labute approximate surface area is 153 Å². The third-order valence-electron chi connectivity index (χ3n) is 5.42. The molecule has 3 amide bonds. The van der Waals surface area contributed by atoms with Gasteiger partial charge in [0.25, 0.3) is 0 Å². The maximum absolute atomic E-state index is 12.4. The van der Waals surface area contributed by atoms with Crippen LogP contribution in [0.4, 0.5) is 4.79 Å². The highest BCUT2D eigenvalue weighted by Crippen LogP contribution is 2.33. The zero-order valence-corrected chi connectivity index (χ0v) is 15.6. The quantitative estimate of drug-likeness (QED) is 0.442. The molecule has 142 valence electrons. The number of aliphatic hydroxyl groups excluding tert-OH is 1. The monoisotopic (exact) mass is 370 g/mol. The fourth-order valence-corrected chi connectivity index (χ4v) is 5.55. The first-order valence-corrected chi connectivity index (χ1v) is 10.5. The molecule has 3 saturated heterocycles. The van der Waals surface area contributed by atoms with Crippen LogP contribution in [0.2, 0.25) is 0 Å². The maximum atomic E-state index is 12.4. The zero-order chi connectivity index (χ0) is 17.6. The summed E-state index contributed by atoms with van der Waals surface area (Å²) in [5.74, 6) is 1.25. The molecule has 3 atom stereocenters. The normalized spacial score (nSPS) is 29.9. The number of hydrogen-bond donors (Lipinski definition) is 3. The first-order chi connectivity index (χ1) is 12.2. The molecule has 3 rings (SSSR count). The average Bonchev–Trinajstić information content (AvgIpc) is 3.03. The van der Waals surface area contributed by atoms with Crippen LogP contribution >= 0.6 is 11.8 Å². The van der Waals surface area contributed by atoms with E-state index >= 15 is 0 Å². The SMILES string of the molecule is O=C1N[C@H]2[C@H](CS[C@H]2CCCCC(=O)N2CCCN(CCO)CC2)N1. The Balaban J connectivity index is 1.32. The van der Waals surface area contributed by atoms with Crippen molar-refractivity contribution in [2.24, 2.45) is 0 Å². The second-order valence-electron chi connectivity index (χ2n) is 7.17. The Hall–Kier alpha value is -0.990. The molecule has 0 radical (unpaired) electrons. The first-order valence-electron chi connectivity index (χ1n) is 9.47. The smallest absolute Gasteiger partial charge is 0.315 e. The number of rotatable bonds is 7. The third kappa shape index (κ3) is 5.01. The maximum Gasteiger partial charge on any atom is 0.315 e. The van der Waals surface area contributed by atoms with Gasteiger partial charge in [-0.3, -0.25) is 9.69 Å². The van der Waals surface area contributed by atoms with E-state index in [1.54, 1.807) is 0 Å². The van der Waals surface area contributed by atoms with Gasteiger partial charge >= 0.3 is 6.03 Å². The van der Waals surface area contributed by atoms with Crippen LogP contribution in [0.3, 0.4) is 0 Å². The molecule has 3 N–H and O–H groups in total. The van der Waals surface area contributed by atoms with Crippen LogP contribution in [0.15, 0.2) is 0 Å². The molecule has 3 aliphatic heterocycles. The van der Waals surface area contributed by atoms with E-state index in [0.29, 0.717) is 18.2 Å². The van der Waals surface area contributed by atoms with Gasteiger partial charge in [-0.1, -0.05) is 6.42 Å². The zero-order valence-electron chi connectivity index (χ0n) is 14.8. The molecule has 0 unspecified atom stereocenters. The standard InChI is InChI=1S/C17H30N4O3S/c22-11-10-20-6-3-7-21(9-8-20)15(23)5-2-1-4-14-16-13(12-25-14)18-17(24)19-16/h13-14,16,22H,1-12H2,(H2,18,19,24)/t13-,14-,16-/m0/s1. The lowest BCUT2D eigenvalue weighted by Gasteiger charge is -2.22. The Bertz CT molecular complexity index is 479. The number of amides is 3. The van der Waals surface area contributed by atoms with Crippen LogP contribution in [0, 0.1) is 0 Å². The number of fused-ring (bicyclic) bond motifs is 1. The molecule has 3 heterocycles. The molecular weight excluding hydrogens is 340 g/mol. The van der Waals surface area contributed by atoms with Crippen LogP contribution in [0.25, 0.3) is 0 Å². The van der Waals surface area contributed by atoms with Crippen LogP contribution in [-0.4, -0.2) is 89.3 Å². The number of carbonyl (C=O) groups excluding carboxylic acids is 2. The van der Waals surface area contributed by atoms with E-state index in [4.69, 9.17) is 5.11 Å². The third-order valence-corrected chi connectivity index (χ3v) is 6.93. The number of nitrogens with one attached hydrogen (secondary N) is 2. The minimum absolute atomic E-state index is 0.0353. The molecule has 0 aromatic carbocycles. The van der Waals surface area contributed by atoms with E-state index in [1.807, 2.05) is 16.7 Å². The highest BCUT2D eigenvalue weighted by Gasteiger charge is 2.42. The van der Waals surface area contributed by atoms with Gasteiger partial charge in [0.05, 0.1) is 18.7 Å². The van der Waals surface area contributed by atoms with Gasteiger partial charge < -0.3 is 20.6 Å². The fraction of sp³-hybridized carbons (Fsp3) is 0.882. The summed E-state index contributed by atoms with van der Waals surface area (Å²) >= 11 is 1.93. The number of urea groups is 1. The summed E-state index contributed by atoms with van der Waals surface area (Å²) in [6.45, 7) is 4.32. The second-order valence-corrected chi connectivity index (χ2v) is 8.44. The Morgan fingerprint density at radius 2 is 2.08 bits per heavy atom. The highest BCUT2D eigenvalue weighted by atomic mass is 32.2. The van der Waals surface area contributed by atoms with Crippen molar-refractivity contribution < 1.29 is 14.7 Å². The van der Waals surface area contributed by atoms with Crippen molar-refractivity contribution in [1.82, 2.24) is 20.4 Å². The van der Waals surface area contributed by atoms with E-state index in [2.05, 4.69) is 15.5 Å². The largest absolute Gasteiger partial charge is 0.395 e. The lowest BCUT2D eigenvalue weighted by molar-refractivity contribution is -0.131. The van der Waals surface area contributed by atoms with Crippen molar-refractivity contribution in [2.75, 3.05) is 45.1 Å². The van der Waals surface area contributed by atoms with Gasteiger partial charge in [0, 0.05) is 43.6 Å². The van der Waals surface area contributed by atoms with Crippen LogP contribution < -0.4 is 10.6 Å². The van der Waals surface area contributed by atoms with Gasteiger partial charge in [0.2, 0.25) is 5.91 Å².